The number of anilines is 1. The molecule has 1 saturated heterocycles. The smallest absolute Gasteiger partial charge is 0.231 e. The maximum absolute atomic E-state index is 14.0. The predicted octanol–water partition coefficient (Wildman–Crippen LogP) is 2.50. The topological polar surface area (TPSA) is 67.9 Å². The van der Waals surface area contributed by atoms with Crippen LogP contribution >= 0.6 is 0 Å². The zero-order valence-electron chi connectivity index (χ0n) is 14.5. The number of carbonyl (C=O) groups excluding carboxylic acids is 2. The van der Waals surface area contributed by atoms with Crippen molar-refractivity contribution >= 4 is 17.5 Å². The highest BCUT2D eigenvalue weighted by atomic mass is 19.2. The Morgan fingerprint density at radius 3 is 2.71 bits per heavy atom. The number of hydrogen-bond donors (Lipinski definition) is 1. The number of hydrogen-bond acceptors (Lipinski definition) is 4. The third kappa shape index (κ3) is 3.23. The van der Waals surface area contributed by atoms with E-state index in [0.29, 0.717) is 11.5 Å². The molecule has 9 heteroatoms. The van der Waals surface area contributed by atoms with Gasteiger partial charge in [0.05, 0.1) is 11.6 Å². The van der Waals surface area contributed by atoms with Gasteiger partial charge in [0.2, 0.25) is 18.6 Å². The highest BCUT2D eigenvalue weighted by Gasteiger charge is 2.37. The molecule has 0 spiro atoms. The van der Waals surface area contributed by atoms with Gasteiger partial charge in [-0.25, -0.2) is 13.2 Å². The fraction of sp³-hybridized carbons (Fsp3) is 0.263. The molecule has 1 fully saturated rings. The third-order valence-electron chi connectivity index (χ3n) is 4.71. The van der Waals surface area contributed by atoms with Crippen LogP contribution in [0.5, 0.6) is 11.5 Å². The summed E-state index contributed by atoms with van der Waals surface area (Å²) in [7, 11) is 0. The molecule has 0 aliphatic carbocycles. The molecule has 0 aromatic heterocycles. The van der Waals surface area contributed by atoms with Crippen LogP contribution in [0.2, 0.25) is 0 Å². The minimum atomic E-state index is -1.65. The van der Waals surface area contributed by atoms with Gasteiger partial charge < -0.3 is 19.7 Å². The van der Waals surface area contributed by atoms with Crippen molar-refractivity contribution in [2.45, 2.75) is 13.0 Å². The first-order valence-electron chi connectivity index (χ1n) is 8.54. The first kappa shape index (κ1) is 18.1. The Labute approximate surface area is 157 Å². The normalized spacial score (nSPS) is 17.9. The average Bonchev–Trinajstić information content (AvgIpc) is 3.30. The van der Waals surface area contributed by atoms with Crippen LogP contribution < -0.4 is 19.7 Å². The quantitative estimate of drug-likeness (QED) is 0.812. The van der Waals surface area contributed by atoms with Crippen molar-refractivity contribution in [2.75, 3.05) is 18.2 Å². The van der Waals surface area contributed by atoms with Gasteiger partial charge in [0.15, 0.2) is 29.0 Å². The molecule has 2 aromatic carbocycles. The fourth-order valence-corrected chi connectivity index (χ4v) is 3.22. The number of nitrogens with zero attached hydrogens (tertiary/aromatic N) is 1. The summed E-state index contributed by atoms with van der Waals surface area (Å²) in [4.78, 5) is 25.5. The lowest BCUT2D eigenvalue weighted by atomic mass is 10.1. The van der Waals surface area contributed by atoms with E-state index >= 15 is 0 Å². The van der Waals surface area contributed by atoms with Crippen LogP contribution in [0, 0.1) is 23.4 Å². The maximum Gasteiger partial charge on any atom is 0.231 e. The monoisotopic (exact) mass is 392 g/mol. The SMILES string of the molecule is O=C(NCc1ccc2c(c1)OCO2)C1CC(=O)N(c2ccc(F)c(F)c2F)C1. The van der Waals surface area contributed by atoms with E-state index < -0.39 is 35.2 Å². The molecule has 1 N–H and O–H groups in total. The Bertz CT molecular complexity index is 966. The summed E-state index contributed by atoms with van der Waals surface area (Å²) >= 11 is 0. The highest BCUT2D eigenvalue weighted by molar-refractivity contribution is 6.00. The van der Waals surface area contributed by atoms with E-state index in [1.807, 2.05) is 0 Å². The number of carbonyl (C=O) groups is 2. The van der Waals surface area contributed by atoms with Gasteiger partial charge in [-0.3, -0.25) is 9.59 Å². The summed E-state index contributed by atoms with van der Waals surface area (Å²) in [6.07, 6.45) is -0.147. The van der Waals surface area contributed by atoms with Gasteiger partial charge in [0.25, 0.3) is 0 Å². The molecule has 6 nitrogen and oxygen atoms in total. The van der Waals surface area contributed by atoms with Crippen LogP contribution in [-0.4, -0.2) is 25.2 Å². The summed E-state index contributed by atoms with van der Waals surface area (Å²) in [5, 5.41) is 2.72. The Balaban J connectivity index is 1.41. The lowest BCUT2D eigenvalue weighted by Gasteiger charge is -2.18. The lowest BCUT2D eigenvalue weighted by molar-refractivity contribution is -0.126. The molecule has 28 heavy (non-hydrogen) atoms. The second kappa shape index (κ2) is 7.06. The molecule has 2 aliphatic heterocycles. The van der Waals surface area contributed by atoms with Crippen molar-refractivity contribution in [3.63, 3.8) is 0 Å². The number of nitrogens with one attached hydrogen (secondary N) is 1. The Morgan fingerprint density at radius 2 is 1.89 bits per heavy atom. The first-order chi connectivity index (χ1) is 13.4. The van der Waals surface area contributed by atoms with Crippen molar-refractivity contribution in [1.29, 1.82) is 0 Å². The van der Waals surface area contributed by atoms with Crippen LogP contribution in [0.25, 0.3) is 0 Å². The molecule has 0 radical (unpaired) electrons. The van der Waals surface area contributed by atoms with Crippen LogP contribution in [0.1, 0.15) is 12.0 Å². The zero-order valence-corrected chi connectivity index (χ0v) is 14.5. The molecule has 2 aromatic rings. The van der Waals surface area contributed by atoms with Crippen molar-refractivity contribution < 1.29 is 32.2 Å². The van der Waals surface area contributed by atoms with Crippen LogP contribution in [-0.2, 0) is 16.1 Å². The van der Waals surface area contributed by atoms with Crippen LogP contribution in [0.15, 0.2) is 30.3 Å². The first-order valence-corrected chi connectivity index (χ1v) is 8.54. The zero-order chi connectivity index (χ0) is 19.8. The van der Waals surface area contributed by atoms with E-state index in [1.54, 1.807) is 18.2 Å². The van der Waals surface area contributed by atoms with Crippen molar-refractivity contribution in [3.05, 3.63) is 53.3 Å². The molecule has 2 aliphatic rings. The van der Waals surface area contributed by atoms with Crippen molar-refractivity contribution in [2.24, 2.45) is 5.92 Å². The van der Waals surface area contributed by atoms with Gasteiger partial charge in [-0.05, 0) is 29.8 Å². The van der Waals surface area contributed by atoms with Gasteiger partial charge in [-0.1, -0.05) is 6.07 Å². The summed E-state index contributed by atoms with van der Waals surface area (Å²) in [6, 6.07) is 6.98. The molecule has 2 amide bonds. The maximum atomic E-state index is 14.0. The Hall–Kier alpha value is -3.23. The second-order valence-electron chi connectivity index (χ2n) is 6.51. The summed E-state index contributed by atoms with van der Waals surface area (Å²) in [5.74, 6) is -4.89. The molecule has 146 valence electrons. The van der Waals surface area contributed by atoms with Crippen LogP contribution in [0.4, 0.5) is 18.9 Å². The van der Waals surface area contributed by atoms with Gasteiger partial charge in [-0.2, -0.15) is 0 Å². The molecule has 4 rings (SSSR count). The number of halogens is 3. The number of ether oxygens (including phenoxy) is 2. The van der Waals surface area contributed by atoms with Gasteiger partial charge in [0.1, 0.15) is 0 Å². The molecule has 0 bridgehead atoms. The standard InChI is InChI=1S/C19H15F3N2O4/c20-12-2-3-13(18(22)17(12)21)24-8-11(6-16(24)25)19(26)23-7-10-1-4-14-15(5-10)28-9-27-14/h1-5,11H,6-9H2,(H,23,26). The molecule has 1 atom stereocenters. The van der Waals surface area contributed by atoms with E-state index in [9.17, 15) is 22.8 Å². The number of fused-ring (bicyclic) bond motifs is 1. The van der Waals surface area contributed by atoms with E-state index in [2.05, 4.69) is 5.32 Å². The summed E-state index contributed by atoms with van der Waals surface area (Å²) < 4.78 is 51.0. The molecular formula is C19H15F3N2O4. The summed E-state index contributed by atoms with van der Waals surface area (Å²) in [6.45, 7) is 0.235. The van der Waals surface area contributed by atoms with Crippen molar-refractivity contribution in [1.82, 2.24) is 5.32 Å². The number of benzene rings is 2. The van der Waals surface area contributed by atoms with E-state index in [0.717, 1.165) is 22.6 Å². The highest BCUT2D eigenvalue weighted by Crippen LogP contribution is 2.33. The molecule has 1 unspecified atom stereocenters. The van der Waals surface area contributed by atoms with Gasteiger partial charge in [0, 0.05) is 19.5 Å². The molecular weight excluding hydrogens is 377 g/mol. The van der Waals surface area contributed by atoms with E-state index in [-0.39, 0.29) is 32.0 Å². The third-order valence-corrected chi connectivity index (χ3v) is 4.71. The van der Waals surface area contributed by atoms with Crippen molar-refractivity contribution in [3.8, 4) is 11.5 Å². The largest absolute Gasteiger partial charge is 0.454 e. The number of amides is 2. The Morgan fingerprint density at radius 1 is 1.11 bits per heavy atom. The summed E-state index contributed by atoms with van der Waals surface area (Å²) in [5.41, 5.74) is 0.403. The van der Waals surface area contributed by atoms with E-state index in [4.69, 9.17) is 9.47 Å². The molecule has 2 heterocycles. The lowest BCUT2D eigenvalue weighted by Crippen LogP contribution is -2.33. The average molecular weight is 392 g/mol. The van der Waals surface area contributed by atoms with Gasteiger partial charge in [-0.15, -0.1) is 0 Å². The second-order valence-corrected chi connectivity index (χ2v) is 6.51. The number of rotatable bonds is 4. The molecule has 0 saturated carbocycles. The Kier molecular flexibility index (Phi) is 4.58. The fourth-order valence-electron chi connectivity index (χ4n) is 3.22. The van der Waals surface area contributed by atoms with Crippen LogP contribution in [0.3, 0.4) is 0 Å². The van der Waals surface area contributed by atoms with Gasteiger partial charge >= 0.3 is 0 Å². The minimum Gasteiger partial charge on any atom is -0.454 e. The predicted molar refractivity (Wildman–Crippen MR) is 91.2 cm³/mol. The minimum absolute atomic E-state index is 0.117. The van der Waals surface area contributed by atoms with E-state index in [1.165, 1.54) is 0 Å².